The minimum atomic E-state index is 0.595. The predicted octanol–water partition coefficient (Wildman–Crippen LogP) is 10.5. The van der Waals surface area contributed by atoms with Gasteiger partial charge in [0.2, 0.25) is 0 Å². The number of hydrogen-bond acceptors (Lipinski definition) is 4. The molecule has 43 heavy (non-hydrogen) atoms. The van der Waals surface area contributed by atoms with E-state index in [9.17, 15) is 10.5 Å². The minimum Gasteiger partial charge on any atom is -0.456 e. The monoisotopic (exact) mass is 565 g/mol. The Kier molecular flexibility index (Phi) is 4.87. The molecule has 0 aliphatic rings. The average Bonchev–Trinajstić information content (AvgIpc) is 3.73. The van der Waals surface area contributed by atoms with E-state index in [1.807, 2.05) is 47.7 Å². The second-order valence-electron chi connectivity index (χ2n) is 10.8. The smallest absolute Gasteiger partial charge is 0.135 e. The number of fused-ring (bicyclic) bond motifs is 10. The summed E-state index contributed by atoms with van der Waals surface area (Å²) in [4.78, 5) is 0. The molecule has 198 valence electrons. The van der Waals surface area contributed by atoms with E-state index in [0.29, 0.717) is 11.1 Å². The number of rotatable bonds is 2. The second-order valence-corrected chi connectivity index (χ2v) is 11.8. The summed E-state index contributed by atoms with van der Waals surface area (Å²) in [6, 6.07) is 43.8. The fraction of sp³-hybridized carbons (Fsp3) is 0. The van der Waals surface area contributed by atoms with Crippen LogP contribution in [0, 0.1) is 22.7 Å². The summed E-state index contributed by atoms with van der Waals surface area (Å²) >= 11 is 1.83. The normalized spacial score (nSPS) is 11.7. The molecule has 0 spiro atoms. The maximum atomic E-state index is 9.95. The molecule has 0 aliphatic heterocycles. The molecule has 6 aromatic carbocycles. The SMILES string of the molecule is N#Cc1ccc(-c2ccc3oc4ccc(C#N)cc4c3c2)c(-n2c3ccccc3c3c4sc5ccccc5c4ccc32)c1. The van der Waals surface area contributed by atoms with Crippen molar-refractivity contribution in [3.05, 3.63) is 126 Å². The highest BCUT2D eigenvalue weighted by Crippen LogP contribution is 2.44. The van der Waals surface area contributed by atoms with Crippen LogP contribution in [-0.2, 0) is 0 Å². The molecule has 9 rings (SSSR count). The first-order chi connectivity index (χ1) is 21.2. The lowest BCUT2D eigenvalue weighted by atomic mass is 9.99. The molecular weight excluding hydrogens is 547 g/mol. The molecular formula is C38H19N3OS. The number of nitrogens with zero attached hydrogens (tertiary/aromatic N) is 3. The van der Waals surface area contributed by atoms with Gasteiger partial charge in [-0.25, -0.2) is 0 Å². The highest BCUT2D eigenvalue weighted by molar-refractivity contribution is 7.26. The Morgan fingerprint density at radius 2 is 1.30 bits per heavy atom. The lowest BCUT2D eigenvalue weighted by molar-refractivity contribution is 0.669. The number of furan rings is 1. The standard InChI is InChI=1S/C38H19N3OS/c39-20-22-10-15-34-29(17-22)30-19-24(11-16-35(30)42-34)25-12-9-23(21-40)18-33(25)41-31-7-3-1-6-28(31)37-32(41)14-13-27-26-5-2-4-8-36(26)43-38(27)37/h1-19H. The van der Waals surface area contributed by atoms with E-state index in [1.165, 1.54) is 30.9 Å². The molecule has 0 fully saturated rings. The lowest BCUT2D eigenvalue weighted by Gasteiger charge is -2.15. The fourth-order valence-electron chi connectivity index (χ4n) is 6.54. The van der Waals surface area contributed by atoms with Gasteiger partial charge in [0, 0.05) is 47.3 Å². The molecule has 0 amide bonds. The van der Waals surface area contributed by atoms with Crippen molar-refractivity contribution in [1.82, 2.24) is 4.57 Å². The van der Waals surface area contributed by atoms with Crippen LogP contribution >= 0.6 is 11.3 Å². The van der Waals surface area contributed by atoms with Crippen molar-refractivity contribution >= 4 is 75.3 Å². The van der Waals surface area contributed by atoms with Gasteiger partial charge in [0.05, 0.1) is 40.0 Å². The molecule has 0 aliphatic carbocycles. The zero-order valence-corrected chi connectivity index (χ0v) is 23.4. The van der Waals surface area contributed by atoms with E-state index < -0.39 is 0 Å². The number of nitriles is 2. The summed E-state index contributed by atoms with van der Waals surface area (Å²) in [6.07, 6.45) is 0. The summed E-state index contributed by atoms with van der Waals surface area (Å²) in [5, 5.41) is 26.3. The van der Waals surface area contributed by atoms with Crippen LogP contribution in [0.5, 0.6) is 0 Å². The van der Waals surface area contributed by atoms with Crippen LogP contribution < -0.4 is 0 Å². The van der Waals surface area contributed by atoms with Gasteiger partial charge in [0.15, 0.2) is 0 Å². The van der Waals surface area contributed by atoms with Crippen molar-refractivity contribution in [2.75, 3.05) is 0 Å². The highest BCUT2D eigenvalue weighted by Gasteiger charge is 2.20. The van der Waals surface area contributed by atoms with Gasteiger partial charge in [-0.3, -0.25) is 0 Å². The summed E-state index contributed by atoms with van der Waals surface area (Å²) in [7, 11) is 0. The van der Waals surface area contributed by atoms with Crippen molar-refractivity contribution in [3.63, 3.8) is 0 Å². The van der Waals surface area contributed by atoms with Gasteiger partial charge in [-0.1, -0.05) is 54.6 Å². The first kappa shape index (κ1) is 23.8. The zero-order valence-electron chi connectivity index (χ0n) is 22.6. The van der Waals surface area contributed by atoms with Crippen LogP contribution in [0.3, 0.4) is 0 Å². The van der Waals surface area contributed by atoms with E-state index in [-0.39, 0.29) is 0 Å². The van der Waals surface area contributed by atoms with Gasteiger partial charge in [0.25, 0.3) is 0 Å². The Morgan fingerprint density at radius 3 is 2.16 bits per heavy atom. The van der Waals surface area contributed by atoms with Crippen LogP contribution in [0.4, 0.5) is 0 Å². The van der Waals surface area contributed by atoms with Gasteiger partial charge in [0.1, 0.15) is 11.2 Å². The Bertz CT molecular complexity index is 2710. The molecule has 3 aromatic heterocycles. The van der Waals surface area contributed by atoms with Crippen LogP contribution in [0.2, 0.25) is 0 Å². The molecule has 0 unspecified atom stereocenters. The van der Waals surface area contributed by atoms with Crippen molar-refractivity contribution in [1.29, 1.82) is 10.5 Å². The third kappa shape index (κ3) is 3.35. The third-order valence-electron chi connectivity index (χ3n) is 8.46. The van der Waals surface area contributed by atoms with E-state index in [2.05, 4.69) is 89.5 Å². The molecule has 0 atom stereocenters. The van der Waals surface area contributed by atoms with E-state index in [0.717, 1.165) is 49.8 Å². The van der Waals surface area contributed by atoms with Crippen LogP contribution in [0.1, 0.15) is 11.1 Å². The molecule has 3 heterocycles. The molecule has 0 saturated carbocycles. The van der Waals surface area contributed by atoms with Gasteiger partial charge < -0.3 is 8.98 Å². The first-order valence-corrected chi connectivity index (χ1v) is 14.8. The predicted molar refractivity (Wildman–Crippen MR) is 176 cm³/mol. The van der Waals surface area contributed by atoms with Crippen molar-refractivity contribution in [2.24, 2.45) is 0 Å². The number of thiophene rings is 1. The maximum absolute atomic E-state index is 9.95. The zero-order chi connectivity index (χ0) is 28.7. The molecule has 5 heteroatoms. The van der Waals surface area contributed by atoms with Gasteiger partial charge in [-0.2, -0.15) is 10.5 Å². The van der Waals surface area contributed by atoms with Crippen molar-refractivity contribution in [3.8, 4) is 29.0 Å². The molecule has 0 bridgehead atoms. The second kappa shape index (κ2) is 8.81. The summed E-state index contributed by atoms with van der Waals surface area (Å²) in [5.74, 6) is 0. The molecule has 4 nitrogen and oxygen atoms in total. The van der Waals surface area contributed by atoms with Crippen LogP contribution in [-0.4, -0.2) is 4.57 Å². The first-order valence-electron chi connectivity index (χ1n) is 14.0. The Morgan fingerprint density at radius 1 is 0.581 bits per heavy atom. The quantitative estimate of drug-likeness (QED) is 0.209. The average molecular weight is 566 g/mol. The third-order valence-corrected chi connectivity index (χ3v) is 9.66. The maximum Gasteiger partial charge on any atom is 0.135 e. The topological polar surface area (TPSA) is 65.7 Å². The number of hydrogen-bond donors (Lipinski definition) is 0. The highest BCUT2D eigenvalue weighted by atomic mass is 32.1. The number of para-hydroxylation sites is 1. The summed E-state index contributed by atoms with van der Waals surface area (Å²) < 4.78 is 11.0. The Labute approximate surface area is 249 Å². The largest absolute Gasteiger partial charge is 0.456 e. The van der Waals surface area contributed by atoms with Gasteiger partial charge in [-0.15, -0.1) is 11.3 Å². The van der Waals surface area contributed by atoms with E-state index in [1.54, 1.807) is 6.07 Å². The molecule has 0 N–H and O–H groups in total. The van der Waals surface area contributed by atoms with Gasteiger partial charge >= 0.3 is 0 Å². The van der Waals surface area contributed by atoms with Gasteiger partial charge in [-0.05, 0) is 66.2 Å². The summed E-state index contributed by atoms with van der Waals surface area (Å²) in [6.45, 7) is 0. The van der Waals surface area contributed by atoms with E-state index in [4.69, 9.17) is 4.42 Å². The van der Waals surface area contributed by atoms with Crippen molar-refractivity contribution < 1.29 is 4.42 Å². The minimum absolute atomic E-state index is 0.595. The molecule has 0 radical (unpaired) electrons. The fourth-order valence-corrected chi connectivity index (χ4v) is 7.80. The summed E-state index contributed by atoms with van der Waals surface area (Å²) in [5.41, 5.74) is 7.86. The Hall–Kier alpha value is -5.88. The van der Waals surface area contributed by atoms with E-state index >= 15 is 0 Å². The molecule has 9 aromatic rings. The number of aromatic nitrogens is 1. The van der Waals surface area contributed by atoms with Crippen molar-refractivity contribution in [2.45, 2.75) is 0 Å². The lowest BCUT2D eigenvalue weighted by Crippen LogP contribution is -1.98. The molecule has 0 saturated heterocycles. The van der Waals surface area contributed by atoms with Crippen LogP contribution in [0.15, 0.2) is 120 Å². The Balaban J connectivity index is 1.38. The van der Waals surface area contributed by atoms with Crippen LogP contribution in [0.25, 0.3) is 80.7 Å². The number of benzene rings is 6.